The van der Waals surface area contributed by atoms with Crippen LogP contribution in [0.1, 0.15) is 11.5 Å². The summed E-state index contributed by atoms with van der Waals surface area (Å²) in [5.41, 5.74) is 6.46. The van der Waals surface area contributed by atoms with E-state index in [1.807, 2.05) is 0 Å². The molecule has 0 saturated heterocycles. The number of benzene rings is 1. The molecule has 0 aliphatic rings. The van der Waals surface area contributed by atoms with E-state index in [1.165, 1.54) is 13.2 Å². The number of nitrogens with zero attached hydrogens (tertiary/aromatic N) is 2. The van der Waals surface area contributed by atoms with E-state index in [-0.39, 0.29) is 12.3 Å². The largest absolute Gasteiger partial charge is 0.494 e. The van der Waals surface area contributed by atoms with Crippen LogP contribution >= 0.6 is 0 Å². The number of hydrogen-bond acceptors (Lipinski definition) is 5. The summed E-state index contributed by atoms with van der Waals surface area (Å²) in [5.74, 6) is 0.464. The van der Waals surface area contributed by atoms with E-state index in [1.54, 1.807) is 13.0 Å². The number of rotatable bonds is 3. The normalized spacial score (nSPS) is 10.6. The second kappa shape index (κ2) is 4.50. The van der Waals surface area contributed by atoms with Gasteiger partial charge < -0.3 is 15.0 Å². The molecule has 0 unspecified atom stereocenters. The van der Waals surface area contributed by atoms with Crippen LogP contribution in [0.5, 0.6) is 5.75 Å². The van der Waals surface area contributed by atoms with E-state index in [0.29, 0.717) is 22.8 Å². The second-order valence-electron chi connectivity index (χ2n) is 3.53. The van der Waals surface area contributed by atoms with E-state index in [0.717, 1.165) is 0 Å². The van der Waals surface area contributed by atoms with Gasteiger partial charge in [-0.25, -0.2) is 4.39 Å². The van der Waals surface area contributed by atoms with E-state index < -0.39 is 5.82 Å². The molecule has 2 aromatic rings. The van der Waals surface area contributed by atoms with E-state index in [4.69, 9.17) is 15.0 Å². The van der Waals surface area contributed by atoms with Crippen LogP contribution in [0.2, 0.25) is 0 Å². The molecule has 0 atom stereocenters. The molecule has 1 aromatic carbocycles. The van der Waals surface area contributed by atoms with Crippen molar-refractivity contribution in [1.82, 2.24) is 10.1 Å². The van der Waals surface area contributed by atoms with Crippen molar-refractivity contribution < 1.29 is 13.7 Å². The minimum absolute atomic E-state index is 0.152. The zero-order valence-corrected chi connectivity index (χ0v) is 9.53. The Labute approximate surface area is 97.4 Å². The topological polar surface area (TPSA) is 74.2 Å². The molecule has 0 aliphatic heterocycles. The van der Waals surface area contributed by atoms with Gasteiger partial charge in [-0.1, -0.05) is 5.16 Å². The minimum atomic E-state index is -0.390. The van der Waals surface area contributed by atoms with Gasteiger partial charge in [-0.3, -0.25) is 0 Å². The van der Waals surface area contributed by atoms with Crippen molar-refractivity contribution in [2.24, 2.45) is 5.73 Å². The van der Waals surface area contributed by atoms with Gasteiger partial charge in [0.25, 0.3) is 0 Å². The lowest BCUT2D eigenvalue weighted by molar-refractivity contribution is 0.380. The third-order valence-electron chi connectivity index (χ3n) is 2.34. The maximum absolute atomic E-state index is 13.6. The fourth-order valence-electron chi connectivity index (χ4n) is 1.47. The fraction of sp³-hybridized carbons (Fsp3) is 0.273. The van der Waals surface area contributed by atoms with Crippen molar-refractivity contribution in [2.75, 3.05) is 7.11 Å². The van der Waals surface area contributed by atoms with Crippen molar-refractivity contribution in [1.29, 1.82) is 0 Å². The average Bonchev–Trinajstić information content (AvgIpc) is 2.81. The van der Waals surface area contributed by atoms with Gasteiger partial charge in [-0.05, 0) is 24.6 Å². The van der Waals surface area contributed by atoms with Gasteiger partial charge >= 0.3 is 0 Å². The average molecular weight is 237 g/mol. The van der Waals surface area contributed by atoms with Crippen molar-refractivity contribution in [3.63, 3.8) is 0 Å². The Morgan fingerprint density at radius 2 is 2.24 bits per heavy atom. The Morgan fingerprint density at radius 1 is 1.47 bits per heavy atom. The van der Waals surface area contributed by atoms with Crippen molar-refractivity contribution in [3.05, 3.63) is 29.4 Å². The van der Waals surface area contributed by atoms with Crippen LogP contribution in [0.4, 0.5) is 4.39 Å². The lowest BCUT2D eigenvalue weighted by atomic mass is 10.1. The smallest absolute Gasteiger partial charge is 0.240 e. The Morgan fingerprint density at radius 3 is 2.82 bits per heavy atom. The summed E-state index contributed by atoms with van der Waals surface area (Å²) in [6.07, 6.45) is 0. The Bertz CT molecular complexity index is 540. The predicted octanol–water partition coefficient (Wildman–Crippen LogP) is 1.65. The van der Waals surface area contributed by atoms with Gasteiger partial charge in [-0.2, -0.15) is 4.98 Å². The van der Waals surface area contributed by atoms with Crippen LogP contribution in [0, 0.1) is 12.7 Å². The summed E-state index contributed by atoms with van der Waals surface area (Å²) >= 11 is 0. The molecule has 2 rings (SSSR count). The molecule has 90 valence electrons. The number of nitrogens with two attached hydrogens (primary N) is 1. The quantitative estimate of drug-likeness (QED) is 0.878. The molecular weight excluding hydrogens is 225 g/mol. The van der Waals surface area contributed by atoms with E-state index in [2.05, 4.69) is 10.1 Å². The summed E-state index contributed by atoms with van der Waals surface area (Å²) in [6.45, 7) is 1.82. The summed E-state index contributed by atoms with van der Waals surface area (Å²) < 4.78 is 23.4. The molecule has 17 heavy (non-hydrogen) atoms. The van der Waals surface area contributed by atoms with Crippen LogP contribution in [0.15, 0.2) is 16.7 Å². The maximum atomic E-state index is 13.6. The number of hydrogen-bond donors (Lipinski definition) is 1. The third-order valence-corrected chi connectivity index (χ3v) is 2.34. The first-order valence-electron chi connectivity index (χ1n) is 5.03. The Balaban J connectivity index is 2.48. The maximum Gasteiger partial charge on any atom is 0.240 e. The second-order valence-corrected chi connectivity index (χ2v) is 3.53. The molecule has 0 bridgehead atoms. The fourth-order valence-corrected chi connectivity index (χ4v) is 1.47. The summed E-state index contributed by atoms with van der Waals surface area (Å²) in [7, 11) is 1.41. The number of aryl methyl sites for hydroxylation is 1. The Kier molecular flexibility index (Phi) is 3.06. The van der Waals surface area contributed by atoms with Crippen molar-refractivity contribution >= 4 is 0 Å². The van der Waals surface area contributed by atoms with Gasteiger partial charge in [0, 0.05) is 5.56 Å². The highest BCUT2D eigenvalue weighted by Crippen LogP contribution is 2.27. The van der Waals surface area contributed by atoms with Gasteiger partial charge in [0.05, 0.1) is 13.7 Å². The van der Waals surface area contributed by atoms with Gasteiger partial charge in [0.15, 0.2) is 11.6 Å². The van der Waals surface area contributed by atoms with Crippen LogP contribution in [-0.2, 0) is 6.54 Å². The molecule has 0 spiro atoms. The molecule has 2 N–H and O–H groups in total. The standard InChI is InChI=1S/C11H12FN3O2/c1-6-3-7(4-8(16-2)10(6)12)11-14-9(5-13)17-15-11/h3-4H,5,13H2,1-2H3. The number of aromatic nitrogens is 2. The summed E-state index contributed by atoms with van der Waals surface area (Å²) in [6, 6.07) is 3.15. The van der Waals surface area contributed by atoms with Crippen LogP contribution in [0.3, 0.4) is 0 Å². The van der Waals surface area contributed by atoms with Gasteiger partial charge in [-0.15, -0.1) is 0 Å². The first-order valence-corrected chi connectivity index (χ1v) is 5.03. The van der Waals surface area contributed by atoms with Crippen LogP contribution < -0.4 is 10.5 Å². The highest BCUT2D eigenvalue weighted by Gasteiger charge is 2.13. The molecule has 0 fully saturated rings. The summed E-state index contributed by atoms with van der Waals surface area (Å²) in [4.78, 5) is 4.06. The predicted molar refractivity (Wildman–Crippen MR) is 58.9 cm³/mol. The zero-order valence-electron chi connectivity index (χ0n) is 9.53. The molecule has 1 aromatic heterocycles. The van der Waals surface area contributed by atoms with E-state index >= 15 is 0 Å². The first kappa shape index (κ1) is 11.5. The number of ether oxygens (including phenoxy) is 1. The molecule has 0 saturated carbocycles. The van der Waals surface area contributed by atoms with Crippen LogP contribution in [0.25, 0.3) is 11.4 Å². The SMILES string of the molecule is COc1cc(-c2noc(CN)n2)cc(C)c1F. The monoisotopic (exact) mass is 237 g/mol. The molecule has 1 heterocycles. The third kappa shape index (κ3) is 2.12. The molecule has 6 heteroatoms. The molecule has 0 amide bonds. The number of methoxy groups -OCH3 is 1. The summed E-state index contributed by atoms with van der Waals surface area (Å²) in [5, 5.41) is 3.76. The van der Waals surface area contributed by atoms with E-state index in [9.17, 15) is 4.39 Å². The molecule has 0 radical (unpaired) electrons. The van der Waals surface area contributed by atoms with Crippen LogP contribution in [-0.4, -0.2) is 17.3 Å². The van der Waals surface area contributed by atoms with Gasteiger partial charge in [0.2, 0.25) is 11.7 Å². The lowest BCUT2D eigenvalue weighted by Gasteiger charge is -2.06. The highest BCUT2D eigenvalue weighted by atomic mass is 19.1. The molecule has 0 aliphatic carbocycles. The molecular formula is C11H12FN3O2. The molecule has 5 nitrogen and oxygen atoms in total. The van der Waals surface area contributed by atoms with Gasteiger partial charge in [0.1, 0.15) is 0 Å². The minimum Gasteiger partial charge on any atom is -0.494 e. The number of halogens is 1. The lowest BCUT2D eigenvalue weighted by Crippen LogP contribution is -1.96. The Hall–Kier alpha value is -1.95. The van der Waals surface area contributed by atoms with Crippen molar-refractivity contribution in [2.45, 2.75) is 13.5 Å². The van der Waals surface area contributed by atoms with Crippen molar-refractivity contribution in [3.8, 4) is 17.1 Å². The zero-order chi connectivity index (χ0) is 12.4. The highest BCUT2D eigenvalue weighted by molar-refractivity contribution is 5.59. The first-order chi connectivity index (χ1) is 8.15.